The van der Waals surface area contributed by atoms with E-state index >= 15 is 0 Å². The van der Waals surface area contributed by atoms with Crippen LogP contribution in [0.5, 0.6) is 5.75 Å². The van der Waals surface area contributed by atoms with Crippen molar-refractivity contribution in [3.8, 4) is 11.9 Å². The summed E-state index contributed by atoms with van der Waals surface area (Å²) in [5.74, 6) is 1.09. The van der Waals surface area contributed by atoms with Gasteiger partial charge in [0.1, 0.15) is 11.6 Å². The van der Waals surface area contributed by atoms with Crippen molar-refractivity contribution in [1.82, 2.24) is 5.32 Å². The van der Waals surface area contributed by atoms with Crippen LogP contribution in [0.4, 0.5) is 4.39 Å². The molecule has 0 amide bonds. The van der Waals surface area contributed by atoms with Crippen LogP contribution in [0.2, 0.25) is 0 Å². The normalized spacial score (nSPS) is 33.2. The number of aliphatic imine (C=N–C) groups is 1. The van der Waals surface area contributed by atoms with Crippen LogP contribution in [0.15, 0.2) is 29.3 Å². The third kappa shape index (κ3) is 3.67. The lowest BCUT2D eigenvalue weighted by Gasteiger charge is -2.57. The first-order valence-corrected chi connectivity index (χ1v) is 11.8. The molecule has 4 aliphatic carbocycles. The van der Waals surface area contributed by atoms with E-state index < -0.39 is 20.4 Å². The number of hydrogen-bond acceptors (Lipinski definition) is 5. The van der Waals surface area contributed by atoms with E-state index in [-0.39, 0.29) is 23.7 Å². The van der Waals surface area contributed by atoms with Crippen LogP contribution < -0.4 is 15.2 Å². The quantitative estimate of drug-likeness (QED) is 0.320. The maximum Gasteiger partial charge on any atom is 0.214 e. The first-order chi connectivity index (χ1) is 14.0. The van der Waals surface area contributed by atoms with Crippen LogP contribution in [-0.2, 0) is 10.0 Å². The van der Waals surface area contributed by atoms with Crippen molar-refractivity contribution in [1.29, 1.82) is 5.26 Å². The number of nitriles is 1. The van der Waals surface area contributed by atoms with Gasteiger partial charge in [-0.3, -0.25) is 10.3 Å². The number of nitrogens with one attached hydrogen (secondary N) is 1. The summed E-state index contributed by atoms with van der Waals surface area (Å²) >= 11 is 0. The molecule has 9 heteroatoms. The fraction of sp³-hybridized carbons (Fsp3) is 0.619. The van der Waals surface area contributed by atoms with Crippen molar-refractivity contribution in [2.75, 3.05) is 0 Å². The number of sulfonamides is 1. The van der Waals surface area contributed by atoms with E-state index in [1.165, 1.54) is 24.3 Å². The smallest absolute Gasteiger partial charge is 0.214 e. The molecule has 0 saturated heterocycles. The van der Waals surface area contributed by atoms with Crippen LogP contribution in [0.3, 0.4) is 0 Å². The molecule has 4 fully saturated rings. The van der Waals surface area contributed by atoms with Crippen molar-refractivity contribution < 1.29 is 17.5 Å². The summed E-state index contributed by atoms with van der Waals surface area (Å²) in [7, 11) is -3.63. The van der Waals surface area contributed by atoms with Crippen molar-refractivity contribution in [2.24, 2.45) is 27.9 Å². The summed E-state index contributed by atoms with van der Waals surface area (Å²) in [6, 6.07) is 5.59. The van der Waals surface area contributed by atoms with Crippen LogP contribution in [0.1, 0.15) is 46.0 Å². The summed E-state index contributed by atoms with van der Waals surface area (Å²) in [6.45, 7) is 3.59. The zero-order valence-electron chi connectivity index (χ0n) is 17.1. The van der Waals surface area contributed by atoms with Crippen molar-refractivity contribution >= 4 is 15.9 Å². The van der Waals surface area contributed by atoms with E-state index in [1.807, 2.05) is 6.19 Å². The van der Waals surface area contributed by atoms with E-state index in [2.05, 4.69) is 5.32 Å². The lowest BCUT2D eigenvalue weighted by molar-refractivity contribution is 0.0138. The number of amidine groups is 1. The summed E-state index contributed by atoms with van der Waals surface area (Å²) in [6.07, 6.45) is 5.49. The molecular formula is C21H27FN4O3S. The molecule has 4 saturated carbocycles. The third-order valence-electron chi connectivity index (χ3n) is 6.98. The molecule has 1 aromatic carbocycles. The van der Waals surface area contributed by atoms with Gasteiger partial charge in [0.05, 0.1) is 10.8 Å². The average Bonchev–Trinajstić information content (AvgIpc) is 2.64. The molecule has 0 spiro atoms. The fourth-order valence-electron chi connectivity index (χ4n) is 5.87. The van der Waals surface area contributed by atoms with E-state index in [9.17, 15) is 18.1 Å². The first kappa shape index (κ1) is 21.1. The van der Waals surface area contributed by atoms with Gasteiger partial charge in [-0.15, -0.1) is 0 Å². The predicted molar refractivity (Wildman–Crippen MR) is 110 cm³/mol. The zero-order chi connectivity index (χ0) is 21.7. The van der Waals surface area contributed by atoms with Crippen LogP contribution in [0, 0.1) is 35.0 Å². The molecule has 4 bridgehead atoms. The number of rotatable bonds is 5. The second-order valence-electron chi connectivity index (χ2n) is 9.47. The molecule has 1 aromatic rings. The molecule has 2 atom stereocenters. The predicted octanol–water partition coefficient (Wildman–Crippen LogP) is 2.69. The van der Waals surface area contributed by atoms with Crippen LogP contribution >= 0.6 is 0 Å². The van der Waals surface area contributed by atoms with Gasteiger partial charge in [0.15, 0.2) is 17.6 Å². The van der Waals surface area contributed by atoms with Gasteiger partial charge >= 0.3 is 0 Å². The number of primary sulfonamides is 1. The summed E-state index contributed by atoms with van der Waals surface area (Å²) in [5.41, 5.74) is -0.958. The molecular weight excluding hydrogens is 407 g/mol. The largest absolute Gasteiger partial charge is 0.480 e. The van der Waals surface area contributed by atoms with Gasteiger partial charge in [-0.2, -0.15) is 5.26 Å². The van der Waals surface area contributed by atoms with Gasteiger partial charge in [-0.25, -0.2) is 17.9 Å². The monoisotopic (exact) mass is 434 g/mol. The van der Waals surface area contributed by atoms with Crippen molar-refractivity contribution in [3.63, 3.8) is 0 Å². The topological polar surface area (TPSA) is 118 Å². The Labute approximate surface area is 176 Å². The Morgan fingerprint density at radius 3 is 2.40 bits per heavy atom. The second-order valence-corrected chi connectivity index (χ2v) is 11.4. The van der Waals surface area contributed by atoms with E-state index in [4.69, 9.17) is 14.9 Å². The average molecular weight is 435 g/mol. The molecule has 162 valence electrons. The summed E-state index contributed by atoms with van der Waals surface area (Å²) < 4.78 is 43.1. The SMILES string of the molecule is CC(C)(Oc1ccc(F)cc1)C(=NC1C2CC3CC1CC(S(N)(=O)=O)(C3)C2)NC#N. The summed E-state index contributed by atoms with van der Waals surface area (Å²) in [5, 5.41) is 17.6. The highest BCUT2D eigenvalue weighted by Gasteiger charge is 2.60. The van der Waals surface area contributed by atoms with Gasteiger partial charge in [0, 0.05) is 0 Å². The van der Waals surface area contributed by atoms with Gasteiger partial charge in [-0.1, -0.05) is 0 Å². The number of hydrogen-bond donors (Lipinski definition) is 2. The molecule has 4 aliphatic rings. The van der Waals surface area contributed by atoms with Gasteiger partial charge in [0.25, 0.3) is 0 Å². The van der Waals surface area contributed by atoms with Crippen molar-refractivity contribution in [3.05, 3.63) is 30.1 Å². The van der Waals surface area contributed by atoms with Crippen LogP contribution in [0.25, 0.3) is 0 Å². The van der Waals surface area contributed by atoms with Gasteiger partial charge in [-0.05, 0) is 88.0 Å². The molecule has 30 heavy (non-hydrogen) atoms. The Bertz CT molecular complexity index is 984. The fourth-order valence-corrected chi connectivity index (χ4v) is 7.23. The molecule has 5 rings (SSSR count). The molecule has 0 aliphatic heterocycles. The lowest BCUT2D eigenvalue weighted by atomic mass is 9.54. The summed E-state index contributed by atoms with van der Waals surface area (Å²) in [4.78, 5) is 4.91. The third-order valence-corrected chi connectivity index (χ3v) is 8.69. The minimum Gasteiger partial charge on any atom is -0.480 e. The number of nitrogens with two attached hydrogens (primary N) is 1. The molecule has 7 nitrogen and oxygen atoms in total. The highest BCUT2D eigenvalue weighted by Crippen LogP contribution is 2.59. The standard InChI is InChI=1S/C21H27FN4O3S/c1-20(2,29-17-5-3-16(22)4-6-17)19(25-12-23)26-18-14-7-13-8-15(18)11-21(9-13,10-14)30(24,27)28/h3-6,13-15,18H,7-11H2,1-2H3,(H,25,26)(H2,24,27,28). The Hall–Kier alpha value is -2.18. The molecule has 3 N–H and O–H groups in total. The molecule has 0 radical (unpaired) electrons. The van der Waals surface area contributed by atoms with Gasteiger partial charge < -0.3 is 4.74 Å². The minimum atomic E-state index is -3.63. The van der Waals surface area contributed by atoms with Crippen LogP contribution in [-0.4, -0.2) is 30.6 Å². The number of halogens is 1. The number of benzene rings is 1. The Morgan fingerprint density at radius 1 is 1.27 bits per heavy atom. The van der Waals surface area contributed by atoms with Crippen molar-refractivity contribution in [2.45, 2.75) is 62.3 Å². The first-order valence-electron chi connectivity index (χ1n) is 10.2. The Morgan fingerprint density at radius 2 is 1.87 bits per heavy atom. The molecule has 2 unspecified atom stereocenters. The second kappa shape index (κ2) is 7.20. The van der Waals surface area contributed by atoms with E-state index in [1.54, 1.807) is 13.8 Å². The van der Waals surface area contributed by atoms with Gasteiger partial charge in [0.2, 0.25) is 10.0 Å². The maximum absolute atomic E-state index is 13.2. The minimum absolute atomic E-state index is 0.0802. The molecule has 0 aromatic heterocycles. The highest BCUT2D eigenvalue weighted by atomic mass is 32.2. The highest BCUT2D eigenvalue weighted by molar-refractivity contribution is 7.90. The lowest BCUT2D eigenvalue weighted by Crippen LogP contribution is -2.61. The number of ether oxygens (including phenoxy) is 1. The van der Waals surface area contributed by atoms with E-state index in [0.29, 0.717) is 36.8 Å². The Balaban J connectivity index is 1.61. The zero-order valence-corrected chi connectivity index (χ0v) is 18.0. The van der Waals surface area contributed by atoms with E-state index in [0.717, 1.165) is 12.8 Å². The maximum atomic E-state index is 13.2. The number of nitrogens with zero attached hydrogens (tertiary/aromatic N) is 2. The molecule has 0 heterocycles. The Kier molecular flexibility index (Phi) is 5.06.